The summed E-state index contributed by atoms with van der Waals surface area (Å²) < 4.78 is 0. The molecule has 1 aliphatic carbocycles. The summed E-state index contributed by atoms with van der Waals surface area (Å²) in [5.74, 6) is 0. The number of anilines is 6. The van der Waals surface area contributed by atoms with Crippen molar-refractivity contribution in [2.24, 2.45) is 0 Å². The number of para-hydroxylation sites is 1. The Morgan fingerprint density at radius 2 is 0.547 bits per heavy atom. The Morgan fingerprint density at radius 1 is 0.250 bits per heavy atom. The van der Waals surface area contributed by atoms with Gasteiger partial charge in [-0.25, -0.2) is 0 Å². The lowest BCUT2D eigenvalue weighted by atomic mass is 9.63. The van der Waals surface area contributed by atoms with Gasteiger partial charge in [-0.2, -0.15) is 0 Å². The fourth-order valence-electron chi connectivity index (χ4n) is 9.56. The van der Waals surface area contributed by atoms with Crippen LogP contribution in [0, 0.1) is 0 Å². The van der Waals surface area contributed by atoms with Crippen molar-refractivity contribution in [3.63, 3.8) is 0 Å². The average molecular weight is 827 g/mol. The molecule has 9 aromatic rings. The molecule has 0 aliphatic heterocycles. The van der Waals surface area contributed by atoms with Gasteiger partial charge in [0.05, 0.1) is 0 Å². The van der Waals surface area contributed by atoms with Gasteiger partial charge in [0.15, 0.2) is 0 Å². The summed E-state index contributed by atoms with van der Waals surface area (Å²) in [5, 5.41) is 0. The minimum atomic E-state index is 0.160. The number of hydrogen-bond acceptors (Lipinski definition) is 2. The monoisotopic (exact) mass is 826 g/mol. The molecule has 0 fully saturated rings. The summed E-state index contributed by atoms with van der Waals surface area (Å²) in [6, 6.07) is 83.8. The quantitative estimate of drug-likeness (QED) is 0.136. The summed E-state index contributed by atoms with van der Waals surface area (Å²) in [4.78, 5) is 4.71. The molecule has 64 heavy (non-hydrogen) atoms. The SMILES string of the molecule is CC1(C)CCC(C)(C)c2cc(-c3ccc(N(c4ccc(-c5ccc(N(c6ccccc6)c6cccc(-c7ccccc7)c6)cc5)cc4)c4cccc(-c5ccccc5)c4)cc3)ccc21. The number of nitrogens with zero attached hydrogens (tertiary/aromatic N) is 2. The van der Waals surface area contributed by atoms with E-state index >= 15 is 0 Å². The summed E-state index contributed by atoms with van der Waals surface area (Å²) in [7, 11) is 0. The van der Waals surface area contributed by atoms with Gasteiger partial charge in [-0.3, -0.25) is 0 Å². The number of benzene rings is 9. The Balaban J connectivity index is 0.978. The van der Waals surface area contributed by atoms with E-state index in [-0.39, 0.29) is 10.8 Å². The van der Waals surface area contributed by atoms with E-state index in [1.807, 2.05) is 0 Å². The predicted octanol–water partition coefficient (Wildman–Crippen LogP) is 17.6. The summed E-state index contributed by atoms with van der Waals surface area (Å²) in [5.41, 5.74) is 19.6. The molecule has 312 valence electrons. The van der Waals surface area contributed by atoms with Gasteiger partial charge in [0.1, 0.15) is 0 Å². The molecule has 0 bridgehead atoms. The highest BCUT2D eigenvalue weighted by Gasteiger charge is 2.37. The van der Waals surface area contributed by atoms with Gasteiger partial charge in [0.2, 0.25) is 0 Å². The maximum atomic E-state index is 2.46. The van der Waals surface area contributed by atoms with Crippen LogP contribution in [0.5, 0.6) is 0 Å². The first kappa shape index (κ1) is 40.6. The first-order valence-corrected chi connectivity index (χ1v) is 22.6. The molecule has 0 amide bonds. The van der Waals surface area contributed by atoms with Crippen LogP contribution in [0.1, 0.15) is 51.7 Å². The molecule has 0 unspecified atom stereocenters. The molecule has 0 saturated heterocycles. The molecule has 2 nitrogen and oxygen atoms in total. The van der Waals surface area contributed by atoms with Crippen molar-refractivity contribution in [3.05, 3.63) is 242 Å². The molecule has 0 heterocycles. The normalized spacial score (nSPS) is 13.8. The van der Waals surface area contributed by atoms with E-state index in [0.29, 0.717) is 0 Å². The van der Waals surface area contributed by atoms with Crippen molar-refractivity contribution < 1.29 is 0 Å². The maximum Gasteiger partial charge on any atom is 0.0467 e. The maximum absolute atomic E-state index is 2.46. The van der Waals surface area contributed by atoms with Crippen LogP contribution >= 0.6 is 0 Å². The molecule has 0 N–H and O–H groups in total. The second kappa shape index (κ2) is 17.0. The number of rotatable bonds is 10. The van der Waals surface area contributed by atoms with Crippen LogP contribution in [0.4, 0.5) is 34.1 Å². The molecular formula is C62H54N2. The number of fused-ring (bicyclic) bond motifs is 1. The van der Waals surface area contributed by atoms with Crippen LogP contribution in [-0.4, -0.2) is 0 Å². The van der Waals surface area contributed by atoms with E-state index in [9.17, 15) is 0 Å². The number of hydrogen-bond donors (Lipinski definition) is 0. The largest absolute Gasteiger partial charge is 0.310 e. The van der Waals surface area contributed by atoms with Gasteiger partial charge in [0, 0.05) is 34.1 Å². The van der Waals surface area contributed by atoms with E-state index in [0.717, 1.165) is 34.1 Å². The van der Waals surface area contributed by atoms with Crippen molar-refractivity contribution in [1.82, 2.24) is 0 Å². The standard InChI is InChI=1S/C62H54N2/c1-61(2)40-41-62(3,4)60-44-52(32-39-59(60)61)49-30-37-56(38-31-49)64(58-25-15-21-51(43-58)46-18-10-6-11-19-46)55-35-28-48(29-36-55)47-26-33-54(34-27-47)63(53-22-12-7-13-23-53)57-24-14-20-50(42-57)45-16-8-5-9-17-45/h5-39,42-44H,40-41H2,1-4H3. The average Bonchev–Trinajstić information content (AvgIpc) is 3.35. The van der Waals surface area contributed by atoms with Crippen molar-refractivity contribution in [2.75, 3.05) is 9.80 Å². The molecule has 0 spiro atoms. The molecule has 9 aromatic carbocycles. The van der Waals surface area contributed by atoms with Gasteiger partial charge in [-0.05, 0) is 152 Å². The topological polar surface area (TPSA) is 6.48 Å². The zero-order chi connectivity index (χ0) is 43.7. The van der Waals surface area contributed by atoms with E-state index < -0.39 is 0 Å². The zero-order valence-electron chi connectivity index (χ0n) is 37.2. The van der Waals surface area contributed by atoms with Gasteiger partial charge < -0.3 is 9.80 Å². The molecule has 2 heteroatoms. The Hall–Kier alpha value is -7.42. The molecule has 0 aromatic heterocycles. The summed E-state index contributed by atoms with van der Waals surface area (Å²) in [6.07, 6.45) is 2.42. The lowest BCUT2D eigenvalue weighted by Crippen LogP contribution is -2.33. The molecule has 0 radical (unpaired) electrons. The van der Waals surface area contributed by atoms with E-state index in [1.54, 1.807) is 0 Å². The Bertz CT molecular complexity index is 3000. The first-order chi connectivity index (χ1) is 31.2. The van der Waals surface area contributed by atoms with Gasteiger partial charge in [-0.15, -0.1) is 0 Å². The van der Waals surface area contributed by atoms with Crippen LogP contribution < -0.4 is 9.80 Å². The third-order valence-corrected chi connectivity index (χ3v) is 13.3. The minimum Gasteiger partial charge on any atom is -0.310 e. The van der Waals surface area contributed by atoms with E-state index in [4.69, 9.17) is 0 Å². The lowest BCUT2D eigenvalue weighted by Gasteiger charge is -2.42. The zero-order valence-corrected chi connectivity index (χ0v) is 37.2. The molecular weight excluding hydrogens is 773 g/mol. The Kier molecular flexibility index (Phi) is 10.8. The predicted molar refractivity (Wildman–Crippen MR) is 273 cm³/mol. The van der Waals surface area contributed by atoms with Gasteiger partial charge in [0.25, 0.3) is 0 Å². The van der Waals surface area contributed by atoms with Crippen LogP contribution in [-0.2, 0) is 10.8 Å². The first-order valence-electron chi connectivity index (χ1n) is 22.6. The summed E-state index contributed by atoms with van der Waals surface area (Å²) >= 11 is 0. The second-order valence-corrected chi connectivity index (χ2v) is 18.5. The molecule has 1 aliphatic rings. The lowest BCUT2D eigenvalue weighted by molar-refractivity contribution is 0.332. The smallest absolute Gasteiger partial charge is 0.0467 e. The fourth-order valence-corrected chi connectivity index (χ4v) is 9.56. The Labute approximate surface area is 379 Å². The Morgan fingerprint density at radius 3 is 0.984 bits per heavy atom. The van der Waals surface area contributed by atoms with Crippen LogP contribution in [0.25, 0.3) is 44.5 Å². The van der Waals surface area contributed by atoms with E-state index in [1.165, 1.54) is 68.5 Å². The van der Waals surface area contributed by atoms with Crippen molar-refractivity contribution in [1.29, 1.82) is 0 Å². The minimum absolute atomic E-state index is 0.160. The summed E-state index contributed by atoms with van der Waals surface area (Å²) in [6.45, 7) is 9.60. The van der Waals surface area contributed by atoms with Crippen molar-refractivity contribution >= 4 is 34.1 Å². The van der Waals surface area contributed by atoms with Gasteiger partial charge >= 0.3 is 0 Å². The molecule has 0 saturated carbocycles. The van der Waals surface area contributed by atoms with Crippen LogP contribution in [0.3, 0.4) is 0 Å². The highest BCUT2D eigenvalue weighted by Crippen LogP contribution is 2.47. The van der Waals surface area contributed by atoms with E-state index in [2.05, 4.69) is 268 Å². The van der Waals surface area contributed by atoms with Gasteiger partial charge in [-0.1, -0.05) is 185 Å². The fraction of sp³-hybridized carbons (Fsp3) is 0.129. The second-order valence-electron chi connectivity index (χ2n) is 18.5. The van der Waals surface area contributed by atoms with Crippen LogP contribution in [0.15, 0.2) is 231 Å². The third kappa shape index (κ3) is 8.16. The third-order valence-electron chi connectivity index (χ3n) is 13.3. The van der Waals surface area contributed by atoms with Crippen molar-refractivity contribution in [2.45, 2.75) is 51.4 Å². The van der Waals surface area contributed by atoms with Crippen LogP contribution in [0.2, 0.25) is 0 Å². The molecule has 0 atom stereocenters. The molecule has 10 rings (SSSR count). The highest BCUT2D eigenvalue weighted by molar-refractivity contribution is 5.84. The van der Waals surface area contributed by atoms with Crippen molar-refractivity contribution in [3.8, 4) is 44.5 Å². The highest BCUT2D eigenvalue weighted by atomic mass is 15.1.